The second-order valence-corrected chi connectivity index (χ2v) is 5.34. The fourth-order valence-electron chi connectivity index (χ4n) is 2.61. The Morgan fingerprint density at radius 3 is 2.91 bits per heavy atom. The van der Waals surface area contributed by atoms with Crippen molar-refractivity contribution < 1.29 is 9.18 Å². The molecule has 2 aromatic carbocycles. The average Bonchev–Trinajstić information content (AvgIpc) is 2.83. The van der Waals surface area contributed by atoms with E-state index in [1.54, 1.807) is 30.3 Å². The first kappa shape index (κ1) is 14.8. The van der Waals surface area contributed by atoms with E-state index in [1.165, 1.54) is 12.1 Å². The monoisotopic (exact) mass is 307 g/mol. The summed E-state index contributed by atoms with van der Waals surface area (Å²) < 4.78 is 13.4. The average molecular weight is 307 g/mol. The fraction of sp³-hybridized carbons (Fsp3) is 0.111. The van der Waals surface area contributed by atoms with Crippen molar-refractivity contribution in [2.75, 3.05) is 5.32 Å². The van der Waals surface area contributed by atoms with Crippen molar-refractivity contribution in [2.24, 2.45) is 0 Å². The van der Waals surface area contributed by atoms with Gasteiger partial charge >= 0.3 is 0 Å². The number of hydrogen-bond acceptors (Lipinski definition) is 2. The maximum absolute atomic E-state index is 13.4. The van der Waals surface area contributed by atoms with Gasteiger partial charge in [-0.1, -0.05) is 6.07 Å². The second kappa shape index (κ2) is 5.93. The van der Waals surface area contributed by atoms with Crippen molar-refractivity contribution >= 4 is 22.5 Å². The molecule has 5 heteroatoms. The number of fused-ring (bicyclic) bond motifs is 1. The number of H-pyrrole nitrogens is 1. The molecular formula is C18H14FN3O. The summed E-state index contributed by atoms with van der Waals surface area (Å²) in [6, 6.07) is 13.2. The molecule has 0 aliphatic carbocycles. The van der Waals surface area contributed by atoms with E-state index in [9.17, 15) is 9.18 Å². The zero-order valence-corrected chi connectivity index (χ0v) is 12.5. The van der Waals surface area contributed by atoms with Gasteiger partial charge < -0.3 is 10.3 Å². The number of nitriles is 1. The van der Waals surface area contributed by atoms with E-state index >= 15 is 0 Å². The van der Waals surface area contributed by atoms with E-state index in [1.807, 2.05) is 13.0 Å². The summed E-state index contributed by atoms with van der Waals surface area (Å²) in [4.78, 5) is 15.4. The van der Waals surface area contributed by atoms with Crippen LogP contribution in [0.2, 0.25) is 0 Å². The Balaban J connectivity index is 1.84. The highest BCUT2D eigenvalue weighted by Gasteiger charge is 2.13. The highest BCUT2D eigenvalue weighted by molar-refractivity contribution is 5.96. The van der Waals surface area contributed by atoms with Crippen molar-refractivity contribution in [2.45, 2.75) is 13.3 Å². The molecule has 0 saturated heterocycles. The summed E-state index contributed by atoms with van der Waals surface area (Å²) in [7, 11) is 0. The number of anilines is 1. The van der Waals surface area contributed by atoms with Gasteiger partial charge in [0, 0.05) is 22.3 Å². The first-order chi connectivity index (χ1) is 11.1. The Morgan fingerprint density at radius 2 is 2.13 bits per heavy atom. The molecule has 0 unspecified atom stereocenters. The van der Waals surface area contributed by atoms with Crippen molar-refractivity contribution in [3.8, 4) is 6.07 Å². The Bertz CT molecular complexity index is 937. The number of aryl methyl sites for hydroxylation is 1. The third-order valence-electron chi connectivity index (χ3n) is 3.69. The highest BCUT2D eigenvalue weighted by Crippen LogP contribution is 2.24. The lowest BCUT2D eigenvalue weighted by Gasteiger charge is -2.06. The van der Waals surface area contributed by atoms with Crippen LogP contribution in [0.15, 0.2) is 42.5 Å². The van der Waals surface area contributed by atoms with Crippen LogP contribution in [0.3, 0.4) is 0 Å². The van der Waals surface area contributed by atoms with Crippen LogP contribution in [0.1, 0.15) is 16.8 Å². The van der Waals surface area contributed by atoms with E-state index in [0.717, 1.165) is 16.8 Å². The molecule has 1 heterocycles. The molecule has 0 spiro atoms. The predicted octanol–water partition coefficient (Wildman–Crippen LogP) is 3.67. The Kier molecular flexibility index (Phi) is 3.82. The molecule has 4 nitrogen and oxygen atoms in total. The molecule has 0 saturated carbocycles. The summed E-state index contributed by atoms with van der Waals surface area (Å²) >= 11 is 0. The highest BCUT2D eigenvalue weighted by atomic mass is 19.1. The van der Waals surface area contributed by atoms with Gasteiger partial charge in [-0.25, -0.2) is 4.39 Å². The van der Waals surface area contributed by atoms with Crippen molar-refractivity contribution in [3.05, 3.63) is 65.1 Å². The molecule has 1 amide bonds. The van der Waals surface area contributed by atoms with Gasteiger partial charge in [0.2, 0.25) is 5.91 Å². The van der Waals surface area contributed by atoms with Gasteiger partial charge in [-0.05, 0) is 48.9 Å². The van der Waals surface area contributed by atoms with Crippen molar-refractivity contribution in [1.29, 1.82) is 5.26 Å². The summed E-state index contributed by atoms with van der Waals surface area (Å²) in [5.41, 5.74) is 3.46. The fourth-order valence-corrected chi connectivity index (χ4v) is 2.61. The molecule has 0 atom stereocenters. The van der Waals surface area contributed by atoms with Crippen LogP contribution < -0.4 is 5.32 Å². The molecule has 23 heavy (non-hydrogen) atoms. The number of benzene rings is 2. The second-order valence-electron chi connectivity index (χ2n) is 5.34. The van der Waals surface area contributed by atoms with E-state index < -0.39 is 0 Å². The molecule has 114 valence electrons. The number of aromatic amines is 1. The van der Waals surface area contributed by atoms with Crippen LogP contribution in [-0.2, 0) is 11.2 Å². The molecule has 3 rings (SSSR count). The number of hydrogen-bond donors (Lipinski definition) is 2. The zero-order chi connectivity index (χ0) is 16.4. The molecule has 3 aromatic rings. The van der Waals surface area contributed by atoms with Crippen LogP contribution in [0.25, 0.3) is 10.9 Å². The lowest BCUT2D eigenvalue weighted by Crippen LogP contribution is -2.14. The van der Waals surface area contributed by atoms with Gasteiger partial charge in [-0.3, -0.25) is 4.79 Å². The third kappa shape index (κ3) is 3.06. The molecule has 0 aliphatic rings. The predicted molar refractivity (Wildman–Crippen MR) is 86.5 cm³/mol. The lowest BCUT2D eigenvalue weighted by molar-refractivity contribution is -0.115. The molecule has 0 bridgehead atoms. The number of nitrogens with zero attached hydrogens (tertiary/aromatic N) is 1. The van der Waals surface area contributed by atoms with Gasteiger partial charge in [0.15, 0.2) is 0 Å². The van der Waals surface area contributed by atoms with Gasteiger partial charge in [0.05, 0.1) is 18.1 Å². The normalized spacial score (nSPS) is 10.5. The molecule has 2 N–H and O–H groups in total. The lowest BCUT2D eigenvalue weighted by atomic mass is 10.1. The van der Waals surface area contributed by atoms with E-state index in [0.29, 0.717) is 16.6 Å². The zero-order valence-electron chi connectivity index (χ0n) is 12.5. The minimum Gasteiger partial charge on any atom is -0.358 e. The smallest absolute Gasteiger partial charge is 0.228 e. The topological polar surface area (TPSA) is 68.7 Å². The Hall–Kier alpha value is -3.13. The SMILES string of the molecule is Cc1[nH]c2ccc(F)cc2c1CC(=O)Nc1cccc(C#N)c1. The number of nitrogens with one attached hydrogen (secondary N) is 2. The quantitative estimate of drug-likeness (QED) is 0.775. The molecule has 0 fully saturated rings. The first-order valence-corrected chi connectivity index (χ1v) is 7.13. The Labute approximate surface area is 132 Å². The number of carbonyl (C=O) groups excluding carboxylic acids is 1. The molecule has 1 aromatic heterocycles. The maximum Gasteiger partial charge on any atom is 0.228 e. The van der Waals surface area contributed by atoms with Crippen LogP contribution in [0.4, 0.5) is 10.1 Å². The summed E-state index contributed by atoms with van der Waals surface area (Å²) in [5.74, 6) is -0.548. The first-order valence-electron chi connectivity index (χ1n) is 7.13. The number of carbonyl (C=O) groups is 1. The van der Waals surface area contributed by atoms with Crippen LogP contribution in [0.5, 0.6) is 0 Å². The van der Waals surface area contributed by atoms with Gasteiger partial charge in [0.1, 0.15) is 5.82 Å². The van der Waals surface area contributed by atoms with E-state index in [-0.39, 0.29) is 18.1 Å². The number of halogens is 1. The molecule has 0 radical (unpaired) electrons. The van der Waals surface area contributed by atoms with Crippen LogP contribution >= 0.6 is 0 Å². The number of rotatable bonds is 3. The minimum atomic E-state index is -0.333. The van der Waals surface area contributed by atoms with Crippen molar-refractivity contribution in [1.82, 2.24) is 4.98 Å². The summed E-state index contributed by atoms with van der Waals surface area (Å²) in [6.45, 7) is 1.86. The molecule has 0 aliphatic heterocycles. The van der Waals surface area contributed by atoms with Crippen LogP contribution in [-0.4, -0.2) is 10.9 Å². The van der Waals surface area contributed by atoms with E-state index in [4.69, 9.17) is 5.26 Å². The molecular weight excluding hydrogens is 293 g/mol. The van der Waals surface area contributed by atoms with Crippen LogP contribution in [0, 0.1) is 24.1 Å². The Morgan fingerprint density at radius 1 is 1.30 bits per heavy atom. The summed E-state index contributed by atoms with van der Waals surface area (Å²) in [6.07, 6.45) is 0.131. The number of amides is 1. The standard InChI is InChI=1S/C18H14FN3O/c1-11-15(16-8-13(19)5-6-17(16)21-11)9-18(23)22-14-4-2-3-12(7-14)10-20/h2-8,21H,9H2,1H3,(H,22,23). The van der Waals surface area contributed by atoms with Gasteiger partial charge in [0.25, 0.3) is 0 Å². The summed E-state index contributed by atoms with van der Waals surface area (Å²) in [5, 5.41) is 12.4. The minimum absolute atomic E-state index is 0.131. The third-order valence-corrected chi connectivity index (χ3v) is 3.69. The van der Waals surface area contributed by atoms with E-state index in [2.05, 4.69) is 10.3 Å². The number of aromatic nitrogens is 1. The van der Waals surface area contributed by atoms with Gasteiger partial charge in [-0.2, -0.15) is 5.26 Å². The van der Waals surface area contributed by atoms with Crippen molar-refractivity contribution in [3.63, 3.8) is 0 Å². The maximum atomic E-state index is 13.4. The van der Waals surface area contributed by atoms with Gasteiger partial charge in [-0.15, -0.1) is 0 Å². The largest absolute Gasteiger partial charge is 0.358 e.